The van der Waals surface area contributed by atoms with Crippen LogP contribution >= 0.6 is 0 Å². The minimum atomic E-state index is -0.436. The van der Waals surface area contributed by atoms with Gasteiger partial charge in [0.15, 0.2) is 0 Å². The van der Waals surface area contributed by atoms with Gasteiger partial charge >= 0.3 is 5.97 Å². The third-order valence-electron chi connectivity index (χ3n) is 5.05. The second-order valence-electron chi connectivity index (χ2n) is 8.66. The molecule has 1 N–H and O–H groups in total. The zero-order valence-corrected chi connectivity index (χ0v) is 17.8. The van der Waals surface area contributed by atoms with Crippen LogP contribution in [0.1, 0.15) is 68.2 Å². The number of amides is 1. The monoisotopic (exact) mass is 397 g/mol. The molecular weight excluding hydrogens is 366 g/mol. The van der Waals surface area contributed by atoms with Crippen LogP contribution in [0.2, 0.25) is 0 Å². The van der Waals surface area contributed by atoms with Gasteiger partial charge in [0.2, 0.25) is 0 Å². The number of ether oxygens (including phenoxy) is 1. The number of esters is 1. The summed E-state index contributed by atoms with van der Waals surface area (Å²) < 4.78 is 7.18. The van der Waals surface area contributed by atoms with Crippen molar-refractivity contribution in [2.75, 3.05) is 13.2 Å². The summed E-state index contributed by atoms with van der Waals surface area (Å²) in [6.45, 7) is 8.58. The van der Waals surface area contributed by atoms with Gasteiger partial charge in [0.05, 0.1) is 18.1 Å². The van der Waals surface area contributed by atoms with E-state index < -0.39 is 5.92 Å². The van der Waals surface area contributed by atoms with Crippen molar-refractivity contribution in [2.24, 2.45) is 5.92 Å². The summed E-state index contributed by atoms with van der Waals surface area (Å²) >= 11 is 0. The van der Waals surface area contributed by atoms with Crippen molar-refractivity contribution in [1.82, 2.24) is 15.1 Å². The van der Waals surface area contributed by atoms with Crippen LogP contribution in [0.15, 0.2) is 36.4 Å². The summed E-state index contributed by atoms with van der Waals surface area (Å²) in [5.41, 5.74) is 2.38. The van der Waals surface area contributed by atoms with Crippen molar-refractivity contribution in [2.45, 2.75) is 58.4 Å². The number of hydrogen-bond acceptors (Lipinski definition) is 4. The molecule has 0 aliphatic heterocycles. The summed E-state index contributed by atoms with van der Waals surface area (Å²) in [5.74, 6) is -0.490. The molecule has 29 heavy (non-hydrogen) atoms. The molecule has 3 rings (SSSR count). The number of rotatable bonds is 8. The maximum Gasteiger partial charge on any atom is 0.311 e. The van der Waals surface area contributed by atoms with Crippen LogP contribution in [0.4, 0.5) is 0 Å². The molecule has 6 nitrogen and oxygen atoms in total. The topological polar surface area (TPSA) is 73.2 Å². The van der Waals surface area contributed by atoms with Gasteiger partial charge in [-0.15, -0.1) is 0 Å². The molecule has 1 atom stereocenters. The van der Waals surface area contributed by atoms with Crippen LogP contribution in [-0.2, 0) is 21.5 Å². The van der Waals surface area contributed by atoms with E-state index in [9.17, 15) is 9.59 Å². The number of carbonyl (C=O) groups is 2. The number of hydrogen-bond donors (Lipinski definition) is 1. The number of benzene rings is 1. The van der Waals surface area contributed by atoms with Crippen molar-refractivity contribution >= 4 is 11.9 Å². The van der Waals surface area contributed by atoms with Gasteiger partial charge < -0.3 is 10.1 Å². The molecule has 0 bridgehead atoms. The fraction of sp³-hybridized carbons (Fsp3) is 0.522. The standard InChI is InChI=1S/C23H31N3O3/c1-5-29-22(28)18(13-16-9-7-6-8-10-16)15-24-21(27)19-14-20(17-11-12-17)26(25-19)23(2,3)4/h6-10,14,17-18H,5,11-13,15H2,1-4H3,(H,24,27). The molecule has 1 aromatic heterocycles. The van der Waals surface area contributed by atoms with Gasteiger partial charge in [-0.05, 0) is 58.6 Å². The molecule has 1 saturated carbocycles. The third-order valence-corrected chi connectivity index (χ3v) is 5.05. The van der Waals surface area contributed by atoms with E-state index in [0.717, 1.165) is 24.1 Å². The largest absolute Gasteiger partial charge is 0.466 e. The van der Waals surface area contributed by atoms with E-state index in [-0.39, 0.29) is 24.0 Å². The molecule has 2 aromatic rings. The molecule has 6 heteroatoms. The first-order valence-electron chi connectivity index (χ1n) is 10.4. The first-order chi connectivity index (χ1) is 13.8. The molecule has 1 aliphatic rings. The van der Waals surface area contributed by atoms with E-state index in [1.807, 2.05) is 41.1 Å². The first-order valence-corrected chi connectivity index (χ1v) is 10.4. The highest BCUT2D eigenvalue weighted by Crippen LogP contribution is 2.41. The van der Waals surface area contributed by atoms with Crippen molar-refractivity contribution < 1.29 is 14.3 Å². The molecule has 1 fully saturated rings. The quantitative estimate of drug-likeness (QED) is 0.690. The third kappa shape index (κ3) is 5.46. The Morgan fingerprint density at radius 3 is 2.52 bits per heavy atom. The average Bonchev–Trinajstić information content (AvgIpc) is 3.42. The molecule has 0 saturated heterocycles. The van der Waals surface area contributed by atoms with Crippen molar-refractivity contribution in [3.05, 3.63) is 53.3 Å². The van der Waals surface area contributed by atoms with Gasteiger partial charge in [0, 0.05) is 18.2 Å². The summed E-state index contributed by atoms with van der Waals surface area (Å²) in [6.07, 6.45) is 2.80. The predicted octanol–water partition coefficient (Wildman–Crippen LogP) is 3.67. The van der Waals surface area contributed by atoms with E-state index in [1.165, 1.54) is 0 Å². The fourth-order valence-corrected chi connectivity index (χ4v) is 3.42. The van der Waals surface area contributed by atoms with Crippen LogP contribution in [0.3, 0.4) is 0 Å². The molecule has 1 amide bonds. The molecular formula is C23H31N3O3. The van der Waals surface area contributed by atoms with Gasteiger partial charge in [0.25, 0.3) is 5.91 Å². The lowest BCUT2D eigenvalue weighted by atomic mass is 9.99. The summed E-state index contributed by atoms with van der Waals surface area (Å²) in [4.78, 5) is 25.2. The molecule has 156 valence electrons. The van der Waals surface area contributed by atoms with E-state index in [0.29, 0.717) is 24.6 Å². The van der Waals surface area contributed by atoms with Crippen LogP contribution in [-0.4, -0.2) is 34.8 Å². The Morgan fingerprint density at radius 1 is 1.24 bits per heavy atom. The van der Waals surface area contributed by atoms with Gasteiger partial charge in [0.1, 0.15) is 5.69 Å². The molecule has 0 radical (unpaired) electrons. The summed E-state index contributed by atoms with van der Waals surface area (Å²) in [5, 5.41) is 7.47. The van der Waals surface area contributed by atoms with E-state index >= 15 is 0 Å². The van der Waals surface area contributed by atoms with E-state index in [4.69, 9.17) is 4.74 Å². The molecule has 1 aromatic carbocycles. The maximum atomic E-state index is 12.8. The van der Waals surface area contributed by atoms with Crippen molar-refractivity contribution in [3.63, 3.8) is 0 Å². The van der Waals surface area contributed by atoms with Crippen LogP contribution < -0.4 is 5.32 Å². The SMILES string of the molecule is CCOC(=O)C(CNC(=O)c1cc(C2CC2)n(C(C)(C)C)n1)Cc1ccccc1. The normalized spacial score (nSPS) is 15.0. The minimum Gasteiger partial charge on any atom is -0.466 e. The number of nitrogens with one attached hydrogen (secondary N) is 1. The van der Waals surface area contributed by atoms with Gasteiger partial charge in [-0.1, -0.05) is 30.3 Å². The molecule has 1 unspecified atom stereocenters. The van der Waals surface area contributed by atoms with Gasteiger partial charge in [-0.2, -0.15) is 5.10 Å². The highest BCUT2D eigenvalue weighted by molar-refractivity contribution is 5.92. The maximum absolute atomic E-state index is 12.8. The first kappa shape index (κ1) is 21.1. The lowest BCUT2D eigenvalue weighted by molar-refractivity contribution is -0.147. The molecule has 1 aliphatic carbocycles. The van der Waals surface area contributed by atoms with Crippen molar-refractivity contribution in [1.29, 1.82) is 0 Å². The molecule has 1 heterocycles. The minimum absolute atomic E-state index is 0.183. The van der Waals surface area contributed by atoms with Crippen LogP contribution in [0.25, 0.3) is 0 Å². The lowest BCUT2D eigenvalue weighted by Gasteiger charge is -2.22. The predicted molar refractivity (Wildman–Crippen MR) is 112 cm³/mol. The Morgan fingerprint density at radius 2 is 1.93 bits per heavy atom. The summed E-state index contributed by atoms with van der Waals surface area (Å²) in [6, 6.07) is 11.7. The summed E-state index contributed by atoms with van der Waals surface area (Å²) in [7, 11) is 0. The van der Waals surface area contributed by atoms with E-state index in [1.54, 1.807) is 6.92 Å². The van der Waals surface area contributed by atoms with Crippen LogP contribution in [0, 0.1) is 5.92 Å². The number of carbonyl (C=O) groups excluding carboxylic acids is 2. The zero-order chi connectivity index (χ0) is 21.0. The van der Waals surface area contributed by atoms with Crippen molar-refractivity contribution in [3.8, 4) is 0 Å². The van der Waals surface area contributed by atoms with Gasteiger partial charge in [-0.25, -0.2) is 0 Å². The zero-order valence-electron chi connectivity index (χ0n) is 17.8. The second-order valence-corrected chi connectivity index (χ2v) is 8.66. The lowest BCUT2D eigenvalue weighted by Crippen LogP contribution is -2.35. The highest BCUT2D eigenvalue weighted by atomic mass is 16.5. The molecule has 0 spiro atoms. The Hall–Kier alpha value is -2.63. The highest BCUT2D eigenvalue weighted by Gasteiger charge is 2.32. The van der Waals surface area contributed by atoms with E-state index in [2.05, 4.69) is 31.2 Å². The number of aromatic nitrogens is 2. The fourth-order valence-electron chi connectivity index (χ4n) is 3.42. The Kier molecular flexibility index (Phi) is 6.40. The Bertz CT molecular complexity index is 848. The smallest absolute Gasteiger partial charge is 0.311 e. The Labute approximate surface area is 172 Å². The Balaban J connectivity index is 1.70. The number of nitrogens with zero attached hydrogens (tertiary/aromatic N) is 2. The second kappa shape index (κ2) is 8.80. The average molecular weight is 398 g/mol. The van der Waals surface area contributed by atoms with Crippen LogP contribution in [0.5, 0.6) is 0 Å². The van der Waals surface area contributed by atoms with Gasteiger partial charge in [-0.3, -0.25) is 14.3 Å².